The van der Waals surface area contributed by atoms with Crippen LogP contribution in [0.3, 0.4) is 0 Å². The van der Waals surface area contributed by atoms with Crippen molar-refractivity contribution in [1.82, 2.24) is 10.2 Å². The third-order valence-electron chi connectivity index (χ3n) is 4.86. The first kappa shape index (κ1) is 14.3. The van der Waals surface area contributed by atoms with E-state index in [1.807, 2.05) is 0 Å². The summed E-state index contributed by atoms with van der Waals surface area (Å²) < 4.78 is 0. The van der Waals surface area contributed by atoms with E-state index in [1.165, 1.54) is 64.6 Å². The van der Waals surface area contributed by atoms with Crippen LogP contribution in [0.25, 0.3) is 0 Å². The normalized spacial score (nSPS) is 35.3. The van der Waals surface area contributed by atoms with Crippen LogP contribution >= 0.6 is 0 Å². The Kier molecular flexibility index (Phi) is 5.97. The molecule has 1 heterocycles. The fraction of sp³-hybridized carbons (Fsp3) is 1.00. The molecule has 18 heavy (non-hydrogen) atoms. The van der Waals surface area contributed by atoms with Crippen LogP contribution in [0.15, 0.2) is 0 Å². The van der Waals surface area contributed by atoms with Crippen LogP contribution in [0.4, 0.5) is 0 Å². The Morgan fingerprint density at radius 3 is 2.67 bits per heavy atom. The maximum Gasteiger partial charge on any atom is 0.0107 e. The summed E-state index contributed by atoms with van der Waals surface area (Å²) in [7, 11) is 0. The largest absolute Gasteiger partial charge is 0.314 e. The Labute approximate surface area is 114 Å². The van der Waals surface area contributed by atoms with Gasteiger partial charge in [-0.1, -0.05) is 33.1 Å². The Bertz CT molecular complexity index is 229. The van der Waals surface area contributed by atoms with Gasteiger partial charge in [0.1, 0.15) is 0 Å². The zero-order chi connectivity index (χ0) is 12.8. The van der Waals surface area contributed by atoms with Gasteiger partial charge in [0.15, 0.2) is 0 Å². The minimum absolute atomic E-state index is 0.787. The molecule has 0 aromatic heterocycles. The molecule has 2 aliphatic rings. The summed E-state index contributed by atoms with van der Waals surface area (Å²) in [6, 6.07) is 0.787. The lowest BCUT2D eigenvalue weighted by atomic mass is 9.92. The van der Waals surface area contributed by atoms with Crippen LogP contribution in [0, 0.1) is 11.8 Å². The number of nitrogens with one attached hydrogen (secondary N) is 1. The molecule has 0 radical (unpaired) electrons. The van der Waals surface area contributed by atoms with E-state index in [-0.39, 0.29) is 0 Å². The van der Waals surface area contributed by atoms with Crippen LogP contribution in [0.1, 0.15) is 58.8 Å². The Balaban J connectivity index is 1.86. The smallest absolute Gasteiger partial charge is 0.0107 e. The van der Waals surface area contributed by atoms with Crippen LogP contribution in [0.5, 0.6) is 0 Å². The van der Waals surface area contributed by atoms with Gasteiger partial charge in [0.25, 0.3) is 0 Å². The van der Waals surface area contributed by atoms with E-state index in [0.717, 1.165) is 24.4 Å². The highest BCUT2D eigenvalue weighted by Crippen LogP contribution is 2.26. The van der Waals surface area contributed by atoms with Crippen molar-refractivity contribution in [3.63, 3.8) is 0 Å². The van der Waals surface area contributed by atoms with Gasteiger partial charge in [-0.25, -0.2) is 0 Å². The standard InChI is InChI=1S/C16H32N2/c1-3-17-16-10-6-4-5-9-15(16)13-18-11-7-8-14(2)12-18/h14-17H,3-13H2,1-2H3. The average Bonchev–Trinajstić information content (AvgIpc) is 2.56. The molecule has 1 N–H and O–H groups in total. The Morgan fingerprint density at radius 2 is 1.89 bits per heavy atom. The van der Waals surface area contributed by atoms with Gasteiger partial charge in [-0.2, -0.15) is 0 Å². The Hall–Kier alpha value is -0.0800. The summed E-state index contributed by atoms with van der Waals surface area (Å²) in [5, 5.41) is 3.75. The molecule has 0 amide bonds. The second-order valence-corrected chi connectivity index (χ2v) is 6.57. The molecule has 0 aromatic carbocycles. The molecule has 3 atom stereocenters. The van der Waals surface area contributed by atoms with Crippen molar-refractivity contribution in [2.75, 3.05) is 26.2 Å². The fourth-order valence-electron chi connectivity index (χ4n) is 3.92. The molecule has 1 aliphatic carbocycles. The van der Waals surface area contributed by atoms with Crippen molar-refractivity contribution in [3.05, 3.63) is 0 Å². The molecular weight excluding hydrogens is 220 g/mol. The number of nitrogens with zero attached hydrogens (tertiary/aromatic N) is 1. The van der Waals surface area contributed by atoms with Gasteiger partial charge in [0.05, 0.1) is 0 Å². The molecule has 0 aromatic rings. The van der Waals surface area contributed by atoms with Crippen molar-refractivity contribution in [2.24, 2.45) is 11.8 Å². The van der Waals surface area contributed by atoms with Crippen molar-refractivity contribution in [2.45, 2.75) is 64.8 Å². The highest BCUT2D eigenvalue weighted by Gasteiger charge is 2.26. The van der Waals surface area contributed by atoms with Gasteiger partial charge < -0.3 is 10.2 Å². The highest BCUT2D eigenvalue weighted by atomic mass is 15.1. The number of rotatable bonds is 4. The van der Waals surface area contributed by atoms with Gasteiger partial charge in [0, 0.05) is 19.1 Å². The average molecular weight is 252 g/mol. The van der Waals surface area contributed by atoms with Gasteiger partial charge in [-0.15, -0.1) is 0 Å². The molecule has 0 bridgehead atoms. The first-order chi connectivity index (χ1) is 8.79. The minimum atomic E-state index is 0.787. The molecule has 106 valence electrons. The second kappa shape index (κ2) is 7.49. The zero-order valence-corrected chi connectivity index (χ0v) is 12.5. The maximum absolute atomic E-state index is 3.75. The summed E-state index contributed by atoms with van der Waals surface area (Å²) in [4.78, 5) is 2.74. The highest BCUT2D eigenvalue weighted by molar-refractivity contribution is 4.83. The van der Waals surface area contributed by atoms with Crippen LogP contribution in [-0.4, -0.2) is 37.1 Å². The third kappa shape index (κ3) is 4.24. The van der Waals surface area contributed by atoms with E-state index in [4.69, 9.17) is 0 Å². The molecule has 1 saturated carbocycles. The SMILES string of the molecule is CCNC1CCCCCC1CN1CCCC(C)C1. The number of piperidine rings is 1. The Morgan fingerprint density at radius 1 is 1.06 bits per heavy atom. The lowest BCUT2D eigenvalue weighted by Crippen LogP contribution is -2.44. The molecule has 2 nitrogen and oxygen atoms in total. The molecule has 2 fully saturated rings. The van der Waals surface area contributed by atoms with E-state index in [0.29, 0.717) is 0 Å². The van der Waals surface area contributed by atoms with Gasteiger partial charge >= 0.3 is 0 Å². The summed E-state index contributed by atoms with van der Waals surface area (Å²) in [5.74, 6) is 1.82. The second-order valence-electron chi connectivity index (χ2n) is 6.57. The van der Waals surface area contributed by atoms with Gasteiger partial charge in [-0.05, 0) is 50.6 Å². The predicted octanol–water partition coefficient (Wildman–Crippen LogP) is 3.28. The topological polar surface area (TPSA) is 15.3 Å². The molecule has 2 heteroatoms. The van der Waals surface area contributed by atoms with Crippen molar-refractivity contribution in [1.29, 1.82) is 0 Å². The van der Waals surface area contributed by atoms with Crippen LogP contribution in [-0.2, 0) is 0 Å². The van der Waals surface area contributed by atoms with E-state index in [1.54, 1.807) is 0 Å². The fourth-order valence-corrected chi connectivity index (χ4v) is 3.92. The van der Waals surface area contributed by atoms with E-state index < -0.39 is 0 Å². The van der Waals surface area contributed by atoms with Crippen LogP contribution in [0.2, 0.25) is 0 Å². The summed E-state index contributed by atoms with van der Waals surface area (Å²) in [6.45, 7) is 9.85. The lowest BCUT2D eigenvalue weighted by molar-refractivity contribution is 0.140. The van der Waals surface area contributed by atoms with Crippen molar-refractivity contribution in [3.8, 4) is 0 Å². The molecule has 0 spiro atoms. The quantitative estimate of drug-likeness (QED) is 0.773. The molecule has 3 unspecified atom stereocenters. The zero-order valence-electron chi connectivity index (χ0n) is 12.5. The summed E-state index contributed by atoms with van der Waals surface area (Å²) in [6.07, 6.45) is 10.1. The van der Waals surface area contributed by atoms with Crippen LogP contribution < -0.4 is 5.32 Å². The van der Waals surface area contributed by atoms with Crippen molar-refractivity contribution < 1.29 is 0 Å². The van der Waals surface area contributed by atoms with Crippen molar-refractivity contribution >= 4 is 0 Å². The number of hydrogen-bond acceptors (Lipinski definition) is 2. The van der Waals surface area contributed by atoms with Gasteiger partial charge in [0.2, 0.25) is 0 Å². The number of hydrogen-bond donors (Lipinski definition) is 1. The molecule has 1 saturated heterocycles. The molecule has 2 rings (SSSR count). The first-order valence-electron chi connectivity index (χ1n) is 8.25. The van der Waals surface area contributed by atoms with E-state index in [2.05, 4.69) is 24.1 Å². The van der Waals surface area contributed by atoms with Gasteiger partial charge in [-0.3, -0.25) is 0 Å². The predicted molar refractivity (Wildman–Crippen MR) is 78.9 cm³/mol. The first-order valence-corrected chi connectivity index (χ1v) is 8.25. The molecular formula is C16H32N2. The summed E-state index contributed by atoms with van der Waals surface area (Å²) >= 11 is 0. The monoisotopic (exact) mass is 252 g/mol. The number of likely N-dealkylation sites (tertiary alicyclic amines) is 1. The lowest BCUT2D eigenvalue weighted by Gasteiger charge is -2.36. The third-order valence-corrected chi connectivity index (χ3v) is 4.86. The van der Waals surface area contributed by atoms with E-state index >= 15 is 0 Å². The maximum atomic E-state index is 3.75. The molecule has 1 aliphatic heterocycles. The minimum Gasteiger partial charge on any atom is -0.314 e. The summed E-state index contributed by atoms with van der Waals surface area (Å²) in [5.41, 5.74) is 0. The van der Waals surface area contributed by atoms with E-state index in [9.17, 15) is 0 Å².